The highest BCUT2D eigenvalue weighted by Crippen LogP contribution is 2.20. The van der Waals surface area contributed by atoms with Crippen LogP contribution in [-0.2, 0) is 11.2 Å². The summed E-state index contributed by atoms with van der Waals surface area (Å²) in [7, 11) is 0. The van der Waals surface area contributed by atoms with Gasteiger partial charge in [0.15, 0.2) is 0 Å². The van der Waals surface area contributed by atoms with E-state index in [-0.39, 0.29) is 23.9 Å². The van der Waals surface area contributed by atoms with Crippen LogP contribution in [0, 0.1) is 19.7 Å². The molecule has 0 saturated carbocycles. The van der Waals surface area contributed by atoms with Crippen LogP contribution in [0.1, 0.15) is 28.7 Å². The highest BCUT2D eigenvalue weighted by atomic mass is 35.5. The van der Waals surface area contributed by atoms with E-state index in [0.29, 0.717) is 17.0 Å². The van der Waals surface area contributed by atoms with E-state index in [1.165, 1.54) is 12.1 Å². The molecule has 1 amide bonds. The number of carbonyl (C=O) groups excluding carboxylic acids is 1. The standard InChI is InChI=1S/C15H16ClFN2O3/c1-8-11(9(2)22-19-8)6-15(21)18-7-14(20)10-3-4-12(16)13(17)5-10/h3-5,14,20H,6-7H2,1-2H3,(H,18,21). The summed E-state index contributed by atoms with van der Waals surface area (Å²) in [6.07, 6.45) is -0.900. The van der Waals surface area contributed by atoms with Gasteiger partial charge in [0.1, 0.15) is 11.6 Å². The second-order valence-electron chi connectivity index (χ2n) is 4.97. The van der Waals surface area contributed by atoms with Gasteiger partial charge < -0.3 is 14.9 Å². The van der Waals surface area contributed by atoms with Crippen LogP contribution in [0.25, 0.3) is 0 Å². The minimum absolute atomic E-state index is 0.0154. The van der Waals surface area contributed by atoms with Crippen molar-refractivity contribution in [1.82, 2.24) is 10.5 Å². The van der Waals surface area contributed by atoms with E-state index in [9.17, 15) is 14.3 Å². The predicted octanol–water partition coefficient (Wildman–Crippen LogP) is 2.48. The van der Waals surface area contributed by atoms with Gasteiger partial charge in [-0.2, -0.15) is 0 Å². The Labute approximate surface area is 132 Å². The fourth-order valence-electron chi connectivity index (χ4n) is 2.03. The van der Waals surface area contributed by atoms with Crippen molar-refractivity contribution in [2.24, 2.45) is 0 Å². The zero-order chi connectivity index (χ0) is 16.3. The van der Waals surface area contributed by atoms with Gasteiger partial charge in [-0.15, -0.1) is 0 Å². The van der Waals surface area contributed by atoms with Crippen LogP contribution >= 0.6 is 11.6 Å². The van der Waals surface area contributed by atoms with E-state index in [1.807, 2.05) is 0 Å². The van der Waals surface area contributed by atoms with E-state index in [1.54, 1.807) is 13.8 Å². The molecule has 0 fully saturated rings. The Morgan fingerprint density at radius 3 is 2.82 bits per heavy atom. The first-order valence-electron chi connectivity index (χ1n) is 6.70. The molecule has 2 N–H and O–H groups in total. The number of hydrogen-bond donors (Lipinski definition) is 2. The van der Waals surface area contributed by atoms with Gasteiger partial charge >= 0.3 is 0 Å². The number of nitrogens with one attached hydrogen (secondary N) is 1. The molecule has 0 radical (unpaired) electrons. The first-order valence-corrected chi connectivity index (χ1v) is 7.07. The maximum Gasteiger partial charge on any atom is 0.224 e. The van der Waals surface area contributed by atoms with E-state index in [2.05, 4.69) is 10.5 Å². The second-order valence-corrected chi connectivity index (χ2v) is 5.38. The van der Waals surface area contributed by atoms with Crippen LogP contribution in [0.15, 0.2) is 22.7 Å². The Morgan fingerprint density at radius 1 is 1.50 bits per heavy atom. The molecular weight excluding hydrogens is 311 g/mol. The first-order chi connectivity index (χ1) is 10.4. The molecule has 5 nitrogen and oxygen atoms in total. The number of nitrogens with zero attached hydrogens (tertiary/aromatic N) is 1. The topological polar surface area (TPSA) is 75.4 Å². The summed E-state index contributed by atoms with van der Waals surface area (Å²) in [6.45, 7) is 3.46. The van der Waals surface area contributed by atoms with Crippen LogP contribution in [0.3, 0.4) is 0 Å². The van der Waals surface area contributed by atoms with Crippen molar-refractivity contribution in [3.63, 3.8) is 0 Å². The van der Waals surface area contributed by atoms with Crippen molar-refractivity contribution in [1.29, 1.82) is 0 Å². The second kappa shape index (κ2) is 6.89. The summed E-state index contributed by atoms with van der Waals surface area (Å²) in [5.41, 5.74) is 1.73. The number of aliphatic hydroxyl groups is 1. The summed E-state index contributed by atoms with van der Waals surface area (Å²) in [5, 5.41) is 16.3. The number of aromatic nitrogens is 1. The van der Waals surface area contributed by atoms with Gasteiger partial charge in [-0.05, 0) is 31.5 Å². The van der Waals surface area contributed by atoms with Crippen LogP contribution in [0.2, 0.25) is 5.02 Å². The molecule has 1 unspecified atom stereocenters. The third-order valence-corrected chi connectivity index (χ3v) is 3.65. The van der Waals surface area contributed by atoms with Crippen LogP contribution in [-0.4, -0.2) is 22.7 Å². The van der Waals surface area contributed by atoms with Crippen LogP contribution < -0.4 is 5.32 Å². The Morgan fingerprint density at radius 2 is 2.23 bits per heavy atom. The lowest BCUT2D eigenvalue weighted by Crippen LogP contribution is -2.30. The Kier molecular flexibility index (Phi) is 5.15. The molecule has 22 heavy (non-hydrogen) atoms. The van der Waals surface area contributed by atoms with E-state index in [0.717, 1.165) is 11.6 Å². The number of rotatable bonds is 5. The Bertz CT molecular complexity index is 668. The summed E-state index contributed by atoms with van der Waals surface area (Å²) >= 11 is 5.58. The number of amides is 1. The number of aliphatic hydroxyl groups excluding tert-OH is 1. The zero-order valence-corrected chi connectivity index (χ0v) is 12.9. The molecule has 2 rings (SSSR count). The minimum Gasteiger partial charge on any atom is -0.387 e. The number of hydrogen-bond acceptors (Lipinski definition) is 4. The number of aryl methyl sites for hydroxylation is 2. The largest absolute Gasteiger partial charge is 0.387 e. The molecule has 1 heterocycles. The third-order valence-electron chi connectivity index (χ3n) is 3.34. The molecule has 1 aromatic carbocycles. The van der Waals surface area contributed by atoms with Crippen molar-refractivity contribution in [2.45, 2.75) is 26.4 Å². The lowest BCUT2D eigenvalue weighted by molar-refractivity contribution is -0.120. The molecule has 0 aliphatic heterocycles. The summed E-state index contributed by atoms with van der Waals surface area (Å²) < 4.78 is 18.3. The van der Waals surface area contributed by atoms with Crippen molar-refractivity contribution in [2.75, 3.05) is 6.54 Å². The van der Waals surface area contributed by atoms with Gasteiger partial charge in [0, 0.05) is 12.1 Å². The van der Waals surface area contributed by atoms with Gasteiger partial charge in [0.05, 0.1) is 23.2 Å². The number of benzene rings is 1. The van der Waals surface area contributed by atoms with E-state index in [4.69, 9.17) is 16.1 Å². The maximum atomic E-state index is 13.3. The van der Waals surface area contributed by atoms with Gasteiger partial charge in [-0.1, -0.05) is 22.8 Å². The van der Waals surface area contributed by atoms with Crippen molar-refractivity contribution in [3.8, 4) is 0 Å². The molecule has 0 bridgehead atoms. The molecule has 1 aromatic heterocycles. The summed E-state index contributed by atoms with van der Waals surface area (Å²) in [5.74, 6) is -0.295. The SMILES string of the molecule is Cc1noc(C)c1CC(=O)NCC(O)c1ccc(Cl)c(F)c1. The molecular formula is C15H16ClFN2O3. The lowest BCUT2D eigenvalue weighted by atomic mass is 10.1. The Hall–Kier alpha value is -1.92. The molecule has 7 heteroatoms. The van der Waals surface area contributed by atoms with Crippen molar-refractivity contribution in [3.05, 3.63) is 51.6 Å². The minimum atomic E-state index is -1.01. The molecule has 0 aliphatic carbocycles. The molecule has 0 spiro atoms. The van der Waals surface area contributed by atoms with E-state index >= 15 is 0 Å². The molecule has 0 aliphatic rings. The molecule has 1 atom stereocenters. The number of carbonyl (C=O) groups is 1. The molecule has 118 valence electrons. The number of halogens is 2. The van der Waals surface area contributed by atoms with Gasteiger partial charge in [-0.3, -0.25) is 4.79 Å². The van der Waals surface area contributed by atoms with Crippen LogP contribution in [0.5, 0.6) is 0 Å². The fourth-order valence-corrected chi connectivity index (χ4v) is 2.14. The lowest BCUT2D eigenvalue weighted by Gasteiger charge is -2.12. The monoisotopic (exact) mass is 326 g/mol. The van der Waals surface area contributed by atoms with Gasteiger partial charge in [0.2, 0.25) is 5.91 Å². The van der Waals surface area contributed by atoms with E-state index < -0.39 is 11.9 Å². The Balaban J connectivity index is 1.92. The first kappa shape index (κ1) is 16.5. The molecule has 0 saturated heterocycles. The average Bonchev–Trinajstić information content (AvgIpc) is 2.79. The van der Waals surface area contributed by atoms with Gasteiger partial charge in [0.25, 0.3) is 0 Å². The zero-order valence-electron chi connectivity index (χ0n) is 12.2. The fraction of sp³-hybridized carbons (Fsp3) is 0.333. The quantitative estimate of drug-likeness (QED) is 0.885. The van der Waals surface area contributed by atoms with Crippen molar-refractivity contribution < 1.29 is 18.8 Å². The highest BCUT2D eigenvalue weighted by Gasteiger charge is 2.15. The highest BCUT2D eigenvalue weighted by molar-refractivity contribution is 6.30. The smallest absolute Gasteiger partial charge is 0.224 e. The third kappa shape index (κ3) is 3.84. The van der Waals surface area contributed by atoms with Crippen LogP contribution in [0.4, 0.5) is 4.39 Å². The average molecular weight is 327 g/mol. The predicted molar refractivity (Wildman–Crippen MR) is 79.1 cm³/mol. The molecule has 2 aromatic rings. The van der Waals surface area contributed by atoms with Crippen molar-refractivity contribution >= 4 is 17.5 Å². The summed E-state index contributed by atoms with van der Waals surface area (Å²) in [6, 6.07) is 4.02. The van der Waals surface area contributed by atoms with Gasteiger partial charge in [-0.25, -0.2) is 4.39 Å². The maximum absolute atomic E-state index is 13.3. The summed E-state index contributed by atoms with van der Waals surface area (Å²) in [4.78, 5) is 11.9. The normalized spacial score (nSPS) is 12.2.